The predicted octanol–water partition coefficient (Wildman–Crippen LogP) is 2.16. The third kappa shape index (κ3) is 3.26. The molecule has 0 N–H and O–H groups in total. The normalized spacial score (nSPS) is 12.3. The lowest BCUT2D eigenvalue weighted by molar-refractivity contribution is 0.600. The Balaban J connectivity index is 2.38. The van der Waals surface area contributed by atoms with Gasteiger partial charge in [-0.15, -0.1) is 0 Å². The van der Waals surface area contributed by atoms with Crippen LogP contribution >= 0.6 is 0 Å². The van der Waals surface area contributed by atoms with E-state index in [1.54, 1.807) is 24.3 Å². The van der Waals surface area contributed by atoms with Crippen molar-refractivity contribution in [1.82, 2.24) is 0 Å². The van der Waals surface area contributed by atoms with Crippen LogP contribution in [0.1, 0.15) is 0 Å². The van der Waals surface area contributed by atoms with Gasteiger partial charge in [0.25, 0.3) is 0 Å². The van der Waals surface area contributed by atoms with Crippen LogP contribution in [0.4, 0.5) is 0 Å². The highest BCUT2D eigenvalue weighted by Gasteiger charge is 2.09. The molecular formula is C14H14O4S2. The molecule has 0 spiro atoms. The first-order valence-electron chi connectivity index (χ1n) is 5.78. The van der Waals surface area contributed by atoms with E-state index in [-0.39, 0.29) is 9.79 Å². The Hall–Kier alpha value is -1.66. The van der Waals surface area contributed by atoms with Crippen LogP contribution in [0.25, 0.3) is 11.1 Å². The van der Waals surface area contributed by atoms with E-state index in [1.165, 1.54) is 24.3 Å². The Morgan fingerprint density at radius 3 is 1.00 bits per heavy atom. The molecule has 20 heavy (non-hydrogen) atoms. The molecule has 2 rings (SSSR count). The monoisotopic (exact) mass is 310 g/mol. The van der Waals surface area contributed by atoms with Crippen LogP contribution in [0.15, 0.2) is 58.3 Å². The van der Waals surface area contributed by atoms with E-state index in [0.29, 0.717) is 0 Å². The number of benzene rings is 2. The number of hydrogen-bond donors (Lipinski definition) is 0. The molecule has 2 aromatic rings. The predicted molar refractivity (Wildman–Crippen MR) is 78.1 cm³/mol. The van der Waals surface area contributed by atoms with Gasteiger partial charge in [-0.1, -0.05) is 24.3 Å². The Kier molecular flexibility index (Phi) is 3.71. The molecular weight excluding hydrogens is 296 g/mol. The maximum atomic E-state index is 11.4. The van der Waals surface area contributed by atoms with Crippen molar-refractivity contribution in [2.45, 2.75) is 9.79 Å². The molecule has 0 saturated carbocycles. The Morgan fingerprint density at radius 1 is 0.550 bits per heavy atom. The summed E-state index contributed by atoms with van der Waals surface area (Å²) in [6, 6.07) is 12.9. The molecule has 0 bridgehead atoms. The van der Waals surface area contributed by atoms with Gasteiger partial charge in [-0.05, 0) is 35.4 Å². The summed E-state index contributed by atoms with van der Waals surface area (Å²) in [7, 11) is -6.41. The van der Waals surface area contributed by atoms with Crippen LogP contribution in [0.2, 0.25) is 0 Å². The second-order valence-electron chi connectivity index (χ2n) is 4.59. The van der Waals surface area contributed by atoms with Crippen LogP contribution in [-0.2, 0) is 19.7 Å². The molecule has 106 valence electrons. The summed E-state index contributed by atoms with van der Waals surface area (Å²) in [4.78, 5) is 0.517. The quantitative estimate of drug-likeness (QED) is 0.871. The lowest BCUT2D eigenvalue weighted by atomic mass is 10.1. The van der Waals surface area contributed by atoms with Crippen molar-refractivity contribution in [3.63, 3.8) is 0 Å². The highest BCUT2D eigenvalue weighted by atomic mass is 32.2. The molecule has 0 atom stereocenters. The lowest BCUT2D eigenvalue weighted by Crippen LogP contribution is -1.97. The molecule has 0 saturated heterocycles. The molecule has 0 fully saturated rings. The van der Waals surface area contributed by atoms with Gasteiger partial charge in [-0.3, -0.25) is 0 Å². The van der Waals surface area contributed by atoms with Gasteiger partial charge < -0.3 is 0 Å². The van der Waals surface area contributed by atoms with Gasteiger partial charge in [0.2, 0.25) is 0 Å². The Labute approximate surface area is 118 Å². The molecule has 0 amide bonds. The molecule has 0 heterocycles. The molecule has 0 aromatic heterocycles. The third-order valence-corrected chi connectivity index (χ3v) is 5.16. The zero-order valence-corrected chi connectivity index (χ0v) is 12.7. The fraction of sp³-hybridized carbons (Fsp3) is 0.143. The molecule has 6 heteroatoms. The van der Waals surface area contributed by atoms with Crippen LogP contribution in [0.3, 0.4) is 0 Å². The zero-order chi connectivity index (χ0) is 15.0. The molecule has 0 unspecified atom stereocenters. The van der Waals surface area contributed by atoms with E-state index in [4.69, 9.17) is 0 Å². The smallest absolute Gasteiger partial charge is 0.175 e. The summed E-state index contributed by atoms with van der Waals surface area (Å²) in [5, 5.41) is 0. The third-order valence-electron chi connectivity index (χ3n) is 2.90. The molecule has 0 aliphatic carbocycles. The lowest BCUT2D eigenvalue weighted by Gasteiger charge is -2.04. The average molecular weight is 310 g/mol. The number of rotatable bonds is 3. The summed E-state index contributed by atoms with van der Waals surface area (Å²) >= 11 is 0. The van der Waals surface area contributed by atoms with Crippen molar-refractivity contribution in [1.29, 1.82) is 0 Å². The Bertz CT molecular complexity index is 742. The standard InChI is InChI=1S/C14H14O4S2/c1-19(15,16)13-7-3-11(4-8-13)12-5-9-14(10-6-12)20(2,17)18/h3-10H,1-2H3. The fourth-order valence-electron chi connectivity index (χ4n) is 1.79. The van der Waals surface area contributed by atoms with Gasteiger partial charge in [-0.25, -0.2) is 16.8 Å². The highest BCUT2D eigenvalue weighted by molar-refractivity contribution is 7.91. The van der Waals surface area contributed by atoms with Gasteiger partial charge in [-0.2, -0.15) is 0 Å². The fourth-order valence-corrected chi connectivity index (χ4v) is 3.05. The maximum Gasteiger partial charge on any atom is 0.175 e. The molecule has 0 aliphatic heterocycles. The minimum absolute atomic E-state index is 0.258. The summed E-state index contributed by atoms with van der Waals surface area (Å²) in [5.41, 5.74) is 1.66. The highest BCUT2D eigenvalue weighted by Crippen LogP contribution is 2.23. The minimum Gasteiger partial charge on any atom is -0.224 e. The van der Waals surface area contributed by atoms with Crippen LogP contribution in [0, 0.1) is 0 Å². The topological polar surface area (TPSA) is 68.3 Å². The SMILES string of the molecule is CS(=O)(=O)c1ccc(-c2ccc(S(C)(=O)=O)cc2)cc1. The van der Waals surface area contributed by atoms with E-state index < -0.39 is 19.7 Å². The van der Waals surface area contributed by atoms with Crippen molar-refractivity contribution in [3.05, 3.63) is 48.5 Å². The summed E-state index contributed by atoms with van der Waals surface area (Å²) in [5.74, 6) is 0. The largest absolute Gasteiger partial charge is 0.224 e. The molecule has 0 radical (unpaired) electrons. The van der Waals surface area contributed by atoms with Crippen LogP contribution < -0.4 is 0 Å². The van der Waals surface area contributed by atoms with Gasteiger partial charge in [0.1, 0.15) is 0 Å². The first-order chi connectivity index (χ1) is 9.18. The first kappa shape index (κ1) is 14.7. The zero-order valence-electron chi connectivity index (χ0n) is 11.1. The minimum atomic E-state index is -3.21. The van der Waals surface area contributed by atoms with Crippen molar-refractivity contribution in [2.24, 2.45) is 0 Å². The number of hydrogen-bond acceptors (Lipinski definition) is 4. The second-order valence-corrected chi connectivity index (χ2v) is 8.62. The van der Waals surface area contributed by atoms with Crippen molar-refractivity contribution < 1.29 is 16.8 Å². The maximum absolute atomic E-state index is 11.4. The van der Waals surface area contributed by atoms with Crippen molar-refractivity contribution >= 4 is 19.7 Å². The van der Waals surface area contributed by atoms with Gasteiger partial charge in [0, 0.05) is 12.5 Å². The van der Waals surface area contributed by atoms with Gasteiger partial charge >= 0.3 is 0 Å². The molecule has 2 aromatic carbocycles. The molecule has 0 aliphatic rings. The van der Waals surface area contributed by atoms with Gasteiger partial charge in [0.15, 0.2) is 19.7 Å². The van der Waals surface area contributed by atoms with Gasteiger partial charge in [0.05, 0.1) is 9.79 Å². The first-order valence-corrected chi connectivity index (χ1v) is 9.57. The van der Waals surface area contributed by atoms with Crippen molar-refractivity contribution in [3.8, 4) is 11.1 Å². The number of sulfone groups is 2. The van der Waals surface area contributed by atoms with Crippen LogP contribution in [-0.4, -0.2) is 29.3 Å². The summed E-state index contributed by atoms with van der Waals surface area (Å²) in [6.45, 7) is 0. The Morgan fingerprint density at radius 2 is 0.800 bits per heavy atom. The second kappa shape index (κ2) is 5.03. The van der Waals surface area contributed by atoms with Crippen molar-refractivity contribution in [2.75, 3.05) is 12.5 Å². The van der Waals surface area contributed by atoms with E-state index in [9.17, 15) is 16.8 Å². The molecule has 4 nitrogen and oxygen atoms in total. The summed E-state index contributed by atoms with van der Waals surface area (Å²) in [6.07, 6.45) is 2.31. The summed E-state index contributed by atoms with van der Waals surface area (Å²) < 4.78 is 45.5. The van der Waals surface area contributed by atoms with E-state index in [1.807, 2.05) is 0 Å². The average Bonchev–Trinajstić information content (AvgIpc) is 2.37. The van der Waals surface area contributed by atoms with E-state index >= 15 is 0 Å². The van der Waals surface area contributed by atoms with E-state index in [0.717, 1.165) is 23.6 Å². The van der Waals surface area contributed by atoms with E-state index in [2.05, 4.69) is 0 Å². The van der Waals surface area contributed by atoms with Crippen LogP contribution in [0.5, 0.6) is 0 Å².